The minimum atomic E-state index is -0.306. The largest absolute Gasteiger partial charge is 0.368 e. The molecule has 2 heterocycles. The number of nitrogens with one attached hydrogen (secondary N) is 3. The maximum Gasteiger partial charge on any atom is 0.234 e. The van der Waals surface area contributed by atoms with E-state index in [2.05, 4.69) is 16.0 Å². The molecule has 0 aromatic rings. The number of carbonyl (C=O) groups excluding carboxylic acids is 2. The van der Waals surface area contributed by atoms with E-state index in [0.29, 0.717) is 19.4 Å². The number of rotatable bonds is 3. The highest BCUT2D eigenvalue weighted by Crippen LogP contribution is 2.09. The van der Waals surface area contributed by atoms with E-state index in [1.165, 1.54) is 0 Å². The minimum Gasteiger partial charge on any atom is -0.368 e. The third-order valence-electron chi connectivity index (χ3n) is 2.92. The van der Waals surface area contributed by atoms with Crippen molar-refractivity contribution in [2.45, 2.75) is 31.0 Å². The molecule has 0 bridgehead atoms. The summed E-state index contributed by atoms with van der Waals surface area (Å²) in [5, 5.41) is 9.15. The number of amides is 2. The van der Waals surface area contributed by atoms with E-state index in [4.69, 9.17) is 5.73 Å². The predicted molar refractivity (Wildman–Crippen MR) is 53.9 cm³/mol. The van der Waals surface area contributed by atoms with Gasteiger partial charge in [0, 0.05) is 31.6 Å². The zero-order chi connectivity index (χ0) is 10.8. The lowest BCUT2D eigenvalue weighted by Crippen LogP contribution is -2.40. The number of hydrogen-bond donors (Lipinski definition) is 4. The fourth-order valence-electron chi connectivity index (χ4n) is 2.14. The molecule has 2 rings (SSSR count). The summed E-state index contributed by atoms with van der Waals surface area (Å²) in [6.45, 7) is 1.41. The smallest absolute Gasteiger partial charge is 0.234 e. The summed E-state index contributed by atoms with van der Waals surface area (Å²) < 4.78 is 0. The summed E-state index contributed by atoms with van der Waals surface area (Å²) in [6, 6.07) is 0.198. The number of hydrogen-bond acceptors (Lipinski definition) is 4. The molecule has 2 aliphatic heterocycles. The van der Waals surface area contributed by atoms with Crippen molar-refractivity contribution >= 4 is 11.8 Å². The molecule has 0 aromatic heterocycles. The minimum absolute atomic E-state index is 0.0879. The SMILES string of the molecule is NC(=O)C1CC(NC2CNC(=O)C2)CN1. The topological polar surface area (TPSA) is 96.2 Å². The Morgan fingerprint density at radius 1 is 1.40 bits per heavy atom. The zero-order valence-electron chi connectivity index (χ0n) is 8.45. The van der Waals surface area contributed by atoms with Crippen LogP contribution < -0.4 is 21.7 Å². The van der Waals surface area contributed by atoms with Crippen LogP contribution in [-0.4, -0.2) is 43.0 Å². The summed E-state index contributed by atoms with van der Waals surface area (Å²) in [5.74, 6) is -0.218. The molecule has 0 aromatic carbocycles. The monoisotopic (exact) mass is 212 g/mol. The molecule has 2 saturated heterocycles. The predicted octanol–water partition coefficient (Wildman–Crippen LogP) is -2.32. The number of carbonyl (C=O) groups is 2. The van der Waals surface area contributed by atoms with E-state index in [-0.39, 0.29) is 29.9 Å². The second kappa shape index (κ2) is 4.16. The van der Waals surface area contributed by atoms with Crippen molar-refractivity contribution in [3.05, 3.63) is 0 Å². The van der Waals surface area contributed by atoms with Crippen LogP contribution in [0.1, 0.15) is 12.8 Å². The average molecular weight is 212 g/mol. The van der Waals surface area contributed by atoms with Crippen molar-refractivity contribution in [3.63, 3.8) is 0 Å². The highest BCUT2D eigenvalue weighted by molar-refractivity contribution is 5.80. The van der Waals surface area contributed by atoms with E-state index in [9.17, 15) is 9.59 Å². The Morgan fingerprint density at radius 2 is 2.20 bits per heavy atom. The van der Waals surface area contributed by atoms with Crippen LogP contribution >= 0.6 is 0 Å². The first-order valence-electron chi connectivity index (χ1n) is 5.20. The van der Waals surface area contributed by atoms with Crippen molar-refractivity contribution in [2.75, 3.05) is 13.1 Å². The van der Waals surface area contributed by atoms with Crippen LogP contribution in [0.2, 0.25) is 0 Å². The van der Waals surface area contributed by atoms with Crippen molar-refractivity contribution in [1.29, 1.82) is 0 Å². The first kappa shape index (κ1) is 10.4. The van der Waals surface area contributed by atoms with Crippen LogP contribution in [-0.2, 0) is 9.59 Å². The van der Waals surface area contributed by atoms with Crippen LogP contribution in [0.3, 0.4) is 0 Å². The van der Waals surface area contributed by atoms with Gasteiger partial charge in [0.25, 0.3) is 0 Å². The second-order valence-electron chi connectivity index (χ2n) is 4.17. The second-order valence-corrected chi connectivity index (χ2v) is 4.17. The van der Waals surface area contributed by atoms with Gasteiger partial charge in [-0.2, -0.15) is 0 Å². The molecule has 0 saturated carbocycles. The molecular weight excluding hydrogens is 196 g/mol. The standard InChI is InChI=1S/C9H16N4O2/c10-9(15)7-1-5(3-11-7)13-6-2-8(14)12-4-6/h5-7,11,13H,1-4H2,(H2,10,15)(H,12,14). The van der Waals surface area contributed by atoms with Gasteiger partial charge in [0.05, 0.1) is 6.04 Å². The first-order valence-corrected chi connectivity index (χ1v) is 5.20. The lowest BCUT2D eigenvalue weighted by atomic mass is 10.1. The van der Waals surface area contributed by atoms with Crippen molar-refractivity contribution in [3.8, 4) is 0 Å². The fraction of sp³-hybridized carbons (Fsp3) is 0.778. The Bertz CT molecular complexity index is 281. The summed E-state index contributed by atoms with van der Waals surface area (Å²) in [6.07, 6.45) is 1.23. The lowest BCUT2D eigenvalue weighted by molar-refractivity contribution is -0.120. The quantitative estimate of drug-likeness (QED) is 0.422. The first-order chi connectivity index (χ1) is 7.15. The van der Waals surface area contributed by atoms with Crippen LogP contribution in [0.5, 0.6) is 0 Å². The normalized spacial score (nSPS) is 35.5. The maximum absolute atomic E-state index is 11.0. The maximum atomic E-state index is 11.0. The van der Waals surface area contributed by atoms with Crippen molar-refractivity contribution < 1.29 is 9.59 Å². The molecule has 3 unspecified atom stereocenters. The molecule has 0 aliphatic carbocycles. The molecule has 2 amide bonds. The van der Waals surface area contributed by atoms with Gasteiger partial charge in [-0.15, -0.1) is 0 Å². The van der Waals surface area contributed by atoms with Gasteiger partial charge >= 0.3 is 0 Å². The van der Waals surface area contributed by atoms with Crippen molar-refractivity contribution in [1.82, 2.24) is 16.0 Å². The van der Waals surface area contributed by atoms with Crippen LogP contribution in [0, 0.1) is 0 Å². The molecule has 2 fully saturated rings. The van der Waals surface area contributed by atoms with Gasteiger partial charge < -0.3 is 21.7 Å². The van der Waals surface area contributed by atoms with Gasteiger partial charge in [-0.3, -0.25) is 9.59 Å². The molecule has 6 heteroatoms. The number of nitrogens with two attached hydrogens (primary N) is 1. The third-order valence-corrected chi connectivity index (χ3v) is 2.92. The molecular formula is C9H16N4O2. The Kier molecular flexibility index (Phi) is 2.88. The Morgan fingerprint density at radius 3 is 2.73 bits per heavy atom. The van der Waals surface area contributed by atoms with Gasteiger partial charge in [0.15, 0.2) is 0 Å². The average Bonchev–Trinajstić information content (AvgIpc) is 2.76. The van der Waals surface area contributed by atoms with E-state index < -0.39 is 0 Å². The van der Waals surface area contributed by atoms with Crippen molar-refractivity contribution in [2.24, 2.45) is 5.73 Å². The van der Waals surface area contributed by atoms with E-state index >= 15 is 0 Å². The van der Waals surface area contributed by atoms with Gasteiger partial charge in [-0.05, 0) is 6.42 Å². The van der Waals surface area contributed by atoms with Gasteiger partial charge in [0.2, 0.25) is 11.8 Å². The fourth-order valence-corrected chi connectivity index (χ4v) is 2.14. The molecule has 3 atom stereocenters. The zero-order valence-corrected chi connectivity index (χ0v) is 8.45. The Hall–Kier alpha value is -1.14. The van der Waals surface area contributed by atoms with Crippen LogP contribution in [0.25, 0.3) is 0 Å². The number of primary amides is 1. The van der Waals surface area contributed by atoms with Crippen LogP contribution in [0.15, 0.2) is 0 Å². The van der Waals surface area contributed by atoms with Gasteiger partial charge in [0.1, 0.15) is 0 Å². The summed E-state index contributed by atoms with van der Waals surface area (Å²) in [5.41, 5.74) is 5.19. The molecule has 15 heavy (non-hydrogen) atoms. The lowest BCUT2D eigenvalue weighted by Gasteiger charge is -2.16. The summed E-state index contributed by atoms with van der Waals surface area (Å²) >= 11 is 0. The Balaban J connectivity index is 1.77. The van der Waals surface area contributed by atoms with Gasteiger partial charge in [-0.1, -0.05) is 0 Å². The molecule has 0 radical (unpaired) electrons. The molecule has 6 nitrogen and oxygen atoms in total. The van der Waals surface area contributed by atoms with E-state index in [0.717, 1.165) is 6.54 Å². The molecule has 84 valence electrons. The molecule has 0 spiro atoms. The highest BCUT2D eigenvalue weighted by atomic mass is 16.2. The summed E-state index contributed by atoms with van der Waals surface area (Å²) in [7, 11) is 0. The van der Waals surface area contributed by atoms with E-state index in [1.54, 1.807) is 0 Å². The Labute approximate surface area is 88.0 Å². The molecule has 2 aliphatic rings. The molecule has 5 N–H and O–H groups in total. The third kappa shape index (κ3) is 2.45. The van der Waals surface area contributed by atoms with E-state index in [1.807, 2.05) is 0 Å². The van der Waals surface area contributed by atoms with Crippen LogP contribution in [0.4, 0.5) is 0 Å². The highest BCUT2D eigenvalue weighted by Gasteiger charge is 2.31. The summed E-state index contributed by atoms with van der Waals surface area (Å²) in [4.78, 5) is 21.9. The van der Waals surface area contributed by atoms with Gasteiger partial charge in [-0.25, -0.2) is 0 Å².